The van der Waals surface area contributed by atoms with Crippen LogP contribution in [0.15, 0.2) is 66.7 Å². The fourth-order valence-corrected chi connectivity index (χ4v) is 4.51. The van der Waals surface area contributed by atoms with Crippen molar-refractivity contribution < 1.29 is 18.0 Å². The lowest BCUT2D eigenvalue weighted by molar-refractivity contribution is -0.114. The molecule has 4 rings (SSSR count). The molecule has 2 heterocycles. The molecule has 0 radical (unpaired) electrons. The van der Waals surface area contributed by atoms with Crippen molar-refractivity contribution in [2.24, 2.45) is 0 Å². The van der Waals surface area contributed by atoms with Gasteiger partial charge in [0.15, 0.2) is 0 Å². The second-order valence-corrected chi connectivity index (χ2v) is 11.4. The van der Waals surface area contributed by atoms with Gasteiger partial charge in [0.1, 0.15) is 40.2 Å². The molecule has 0 aliphatic carbocycles. The Balaban J connectivity index is 1.40. The zero-order valence-electron chi connectivity index (χ0n) is 21.9. The van der Waals surface area contributed by atoms with E-state index in [1.165, 1.54) is 12.6 Å². The quantitative estimate of drug-likeness (QED) is 0.337. The normalized spacial score (nSPS) is 13.2. The highest BCUT2D eigenvalue weighted by atomic mass is 32.2. The predicted octanol–water partition coefficient (Wildman–Crippen LogP) is 3.04. The summed E-state index contributed by atoms with van der Waals surface area (Å²) in [5.74, 6) is 2.39. The average molecular weight is 539 g/mol. The minimum Gasteiger partial charge on any atom is -0.489 e. The second-order valence-electron chi connectivity index (χ2n) is 9.11. The summed E-state index contributed by atoms with van der Waals surface area (Å²) in [6.07, 6.45) is 4.75. The van der Waals surface area contributed by atoms with E-state index >= 15 is 0 Å². The van der Waals surface area contributed by atoms with Gasteiger partial charge in [-0.25, -0.2) is 23.4 Å². The first kappa shape index (κ1) is 27.4. The molecule has 0 saturated carbocycles. The van der Waals surface area contributed by atoms with E-state index in [1.54, 1.807) is 12.2 Å². The molecular weight excluding hydrogens is 504 g/mol. The molecule has 0 unspecified atom stereocenters. The Bertz CT molecular complexity index is 1330. The van der Waals surface area contributed by atoms with Crippen molar-refractivity contribution in [2.75, 3.05) is 51.1 Å². The third kappa shape index (κ3) is 7.91. The first-order chi connectivity index (χ1) is 18.3. The van der Waals surface area contributed by atoms with Crippen LogP contribution in [0, 0.1) is 0 Å². The Morgan fingerprint density at radius 3 is 2.53 bits per heavy atom. The molecule has 0 spiro atoms. The number of ether oxygens (including phenoxy) is 1. The highest BCUT2D eigenvalue weighted by molar-refractivity contribution is 7.90. The molecule has 202 valence electrons. The van der Waals surface area contributed by atoms with Crippen LogP contribution in [0.25, 0.3) is 6.08 Å². The molecule has 0 fully saturated rings. The number of hydrogen-bond acceptors (Lipinski definition) is 10. The van der Waals surface area contributed by atoms with Crippen LogP contribution in [0.5, 0.6) is 5.75 Å². The van der Waals surface area contributed by atoms with Gasteiger partial charge in [0.05, 0.1) is 25.1 Å². The number of benzene rings is 2. The van der Waals surface area contributed by atoms with E-state index in [9.17, 15) is 8.42 Å². The number of anilines is 2. The minimum absolute atomic E-state index is 0.135. The molecule has 1 aliphatic rings. The van der Waals surface area contributed by atoms with Gasteiger partial charge in [0.2, 0.25) is 0 Å². The number of aromatic nitrogens is 2. The highest BCUT2D eigenvalue weighted by Gasteiger charge is 2.22. The molecule has 2 aromatic carbocycles. The Morgan fingerprint density at radius 2 is 1.82 bits per heavy atom. The summed E-state index contributed by atoms with van der Waals surface area (Å²) in [5.41, 5.74) is 3.70. The summed E-state index contributed by atoms with van der Waals surface area (Å²) < 4.78 is 28.7. The molecule has 0 saturated heterocycles. The fourth-order valence-electron chi connectivity index (χ4n) is 3.86. The van der Waals surface area contributed by atoms with Gasteiger partial charge < -0.3 is 20.3 Å². The standard InChI is InChI=1S/C27H34N6O4S/c1-32(15-16-38(3,34)35)14-13-28-26-17-24-25(18-33(26)36-2)29-20-30-27(24)31-22-9-11-23(12-10-22)37-19-21-7-5-4-6-8-21/h4-12,17,20,28H,13-16,18-19H2,1-3H3,(H,29,30,31). The topological polar surface area (TPSA) is 109 Å². The number of nitrogens with one attached hydrogen (secondary N) is 2. The van der Waals surface area contributed by atoms with Crippen LogP contribution in [0.4, 0.5) is 11.5 Å². The van der Waals surface area contributed by atoms with Crippen molar-refractivity contribution in [3.05, 3.63) is 83.6 Å². The largest absolute Gasteiger partial charge is 0.489 e. The number of nitrogens with zero attached hydrogens (tertiary/aromatic N) is 4. The average Bonchev–Trinajstić information content (AvgIpc) is 2.91. The summed E-state index contributed by atoms with van der Waals surface area (Å²) >= 11 is 0. The Morgan fingerprint density at radius 1 is 1.05 bits per heavy atom. The predicted molar refractivity (Wildman–Crippen MR) is 148 cm³/mol. The number of hydroxylamine groups is 2. The summed E-state index contributed by atoms with van der Waals surface area (Å²) in [6.45, 7) is 2.73. The summed E-state index contributed by atoms with van der Waals surface area (Å²) in [7, 11) is 0.526. The van der Waals surface area contributed by atoms with Crippen LogP contribution in [0.3, 0.4) is 0 Å². The summed E-state index contributed by atoms with van der Waals surface area (Å²) in [5, 5.41) is 8.51. The Kier molecular flexibility index (Phi) is 9.16. The van der Waals surface area contributed by atoms with E-state index in [0.717, 1.165) is 34.1 Å². The number of hydrogen-bond donors (Lipinski definition) is 2. The molecule has 10 nitrogen and oxygen atoms in total. The smallest absolute Gasteiger partial charge is 0.148 e. The Labute approximate surface area is 224 Å². The molecule has 0 bridgehead atoms. The van der Waals surface area contributed by atoms with E-state index in [1.807, 2.05) is 72.6 Å². The molecule has 11 heteroatoms. The van der Waals surface area contributed by atoms with Crippen LogP contribution < -0.4 is 15.4 Å². The fraction of sp³-hybridized carbons (Fsp3) is 0.333. The number of sulfone groups is 1. The van der Waals surface area contributed by atoms with Crippen molar-refractivity contribution >= 4 is 27.4 Å². The van der Waals surface area contributed by atoms with Gasteiger partial charge in [-0.1, -0.05) is 30.3 Å². The number of rotatable bonds is 13. The lowest BCUT2D eigenvalue weighted by Gasteiger charge is -2.30. The maximum Gasteiger partial charge on any atom is 0.148 e. The van der Waals surface area contributed by atoms with Crippen molar-refractivity contribution in [3.8, 4) is 5.75 Å². The highest BCUT2D eigenvalue weighted by Crippen LogP contribution is 2.29. The van der Waals surface area contributed by atoms with Gasteiger partial charge in [-0.3, -0.25) is 4.84 Å². The van der Waals surface area contributed by atoms with Crippen LogP contribution in [-0.2, 0) is 27.8 Å². The van der Waals surface area contributed by atoms with Crippen LogP contribution in [0.1, 0.15) is 16.8 Å². The zero-order valence-corrected chi connectivity index (χ0v) is 22.7. The molecule has 1 aliphatic heterocycles. The summed E-state index contributed by atoms with van der Waals surface area (Å²) in [4.78, 5) is 16.5. The molecule has 38 heavy (non-hydrogen) atoms. The van der Waals surface area contributed by atoms with E-state index in [4.69, 9.17) is 9.57 Å². The first-order valence-electron chi connectivity index (χ1n) is 12.3. The van der Waals surface area contributed by atoms with E-state index in [0.29, 0.717) is 38.6 Å². The van der Waals surface area contributed by atoms with Crippen LogP contribution in [0.2, 0.25) is 0 Å². The van der Waals surface area contributed by atoms with Crippen molar-refractivity contribution in [2.45, 2.75) is 13.2 Å². The second kappa shape index (κ2) is 12.7. The molecule has 2 N–H and O–H groups in total. The van der Waals surface area contributed by atoms with Crippen molar-refractivity contribution in [1.29, 1.82) is 0 Å². The van der Waals surface area contributed by atoms with Crippen LogP contribution >= 0.6 is 0 Å². The van der Waals surface area contributed by atoms with Gasteiger partial charge in [-0.15, -0.1) is 0 Å². The molecule has 1 aromatic heterocycles. The summed E-state index contributed by atoms with van der Waals surface area (Å²) in [6, 6.07) is 17.8. The van der Waals surface area contributed by atoms with E-state index in [-0.39, 0.29) is 5.75 Å². The van der Waals surface area contributed by atoms with E-state index in [2.05, 4.69) is 20.6 Å². The van der Waals surface area contributed by atoms with Gasteiger partial charge in [-0.2, -0.15) is 0 Å². The van der Waals surface area contributed by atoms with Gasteiger partial charge in [0.25, 0.3) is 0 Å². The molecule has 3 aromatic rings. The number of likely N-dealkylation sites (N-methyl/N-ethyl adjacent to an activating group) is 1. The third-order valence-corrected chi connectivity index (χ3v) is 6.96. The third-order valence-electron chi connectivity index (χ3n) is 6.04. The van der Waals surface area contributed by atoms with Crippen LogP contribution in [-0.4, -0.2) is 74.1 Å². The van der Waals surface area contributed by atoms with Gasteiger partial charge >= 0.3 is 0 Å². The number of fused-ring (bicyclic) bond motifs is 1. The zero-order chi connectivity index (χ0) is 27.0. The van der Waals surface area contributed by atoms with E-state index < -0.39 is 9.84 Å². The van der Waals surface area contributed by atoms with Gasteiger partial charge in [0, 0.05) is 37.1 Å². The SMILES string of the molecule is CON1Cc2ncnc(Nc3ccc(OCc4ccccc4)cc3)c2C=C1NCCN(C)CCS(C)(=O)=O. The van der Waals surface area contributed by atoms with Gasteiger partial charge in [-0.05, 0) is 43.0 Å². The lowest BCUT2D eigenvalue weighted by atomic mass is 10.1. The lowest BCUT2D eigenvalue weighted by Crippen LogP contribution is -2.38. The molecule has 0 atom stereocenters. The monoisotopic (exact) mass is 538 g/mol. The maximum absolute atomic E-state index is 11.4. The van der Waals surface area contributed by atoms with Crippen molar-refractivity contribution in [1.82, 2.24) is 25.2 Å². The van der Waals surface area contributed by atoms with Crippen molar-refractivity contribution in [3.63, 3.8) is 0 Å². The molecular formula is C27H34N6O4S. The Hall–Kier alpha value is -3.67. The first-order valence-corrected chi connectivity index (χ1v) is 14.4. The molecule has 0 amide bonds. The maximum atomic E-state index is 11.4. The minimum atomic E-state index is -2.99.